The van der Waals surface area contributed by atoms with Crippen molar-refractivity contribution >= 4 is 26.7 Å². The normalized spacial score (nSPS) is 12.0. The van der Waals surface area contributed by atoms with E-state index in [1.54, 1.807) is 6.92 Å². The predicted molar refractivity (Wildman–Crippen MR) is 65.2 cm³/mol. The number of aryl methyl sites for hydroxylation is 1. The smallest absolute Gasteiger partial charge is 0.235 e. The third-order valence-electron chi connectivity index (χ3n) is 1.69. The van der Waals surface area contributed by atoms with E-state index in [9.17, 15) is 8.42 Å². The maximum absolute atomic E-state index is 11.6. The first-order valence-electron chi connectivity index (χ1n) is 4.93. The van der Waals surface area contributed by atoms with Crippen molar-refractivity contribution in [3.63, 3.8) is 0 Å². The van der Waals surface area contributed by atoms with Crippen LogP contribution in [0.1, 0.15) is 19.7 Å². The second-order valence-electron chi connectivity index (χ2n) is 3.68. The molecule has 0 unspecified atom stereocenters. The van der Waals surface area contributed by atoms with Crippen LogP contribution in [0.4, 0.5) is 5.13 Å². The number of hydrogen-bond donors (Lipinski definition) is 2. The van der Waals surface area contributed by atoms with Crippen molar-refractivity contribution in [2.75, 3.05) is 17.0 Å². The number of aromatic nitrogens is 2. The molecule has 0 bridgehead atoms. The maximum atomic E-state index is 11.6. The van der Waals surface area contributed by atoms with E-state index in [1.807, 2.05) is 13.8 Å². The molecule has 92 valence electrons. The van der Waals surface area contributed by atoms with Gasteiger partial charge in [0.1, 0.15) is 5.82 Å². The third-order valence-corrected chi connectivity index (χ3v) is 3.79. The Morgan fingerprint density at radius 2 is 2.12 bits per heavy atom. The van der Waals surface area contributed by atoms with Crippen molar-refractivity contribution in [2.45, 2.75) is 26.8 Å². The summed E-state index contributed by atoms with van der Waals surface area (Å²) in [4.78, 5) is 3.94. The van der Waals surface area contributed by atoms with E-state index >= 15 is 0 Å². The molecule has 0 aliphatic heterocycles. The lowest BCUT2D eigenvalue weighted by molar-refractivity contribution is 0.582. The Kier molecular flexibility index (Phi) is 4.63. The predicted octanol–water partition coefficient (Wildman–Crippen LogP) is 0.586. The lowest BCUT2D eigenvalue weighted by atomic mass is 10.4. The Balaban J connectivity index is 2.46. The molecular formula is C8H16N4O2S2. The fourth-order valence-electron chi connectivity index (χ4n) is 1.00. The van der Waals surface area contributed by atoms with Crippen LogP contribution in [-0.2, 0) is 10.0 Å². The highest BCUT2D eigenvalue weighted by Crippen LogP contribution is 2.11. The highest BCUT2D eigenvalue weighted by atomic mass is 32.2. The van der Waals surface area contributed by atoms with Crippen LogP contribution in [0.3, 0.4) is 0 Å². The monoisotopic (exact) mass is 264 g/mol. The van der Waals surface area contributed by atoms with Crippen molar-refractivity contribution in [3.8, 4) is 0 Å². The quantitative estimate of drug-likeness (QED) is 0.785. The Bertz CT molecular complexity index is 427. The number of nitrogens with one attached hydrogen (secondary N) is 2. The molecule has 0 aromatic carbocycles. The highest BCUT2D eigenvalue weighted by Gasteiger charge is 2.12. The largest absolute Gasteiger partial charge is 0.313 e. The Labute approximate surface area is 99.7 Å². The molecule has 0 saturated carbocycles. The van der Waals surface area contributed by atoms with Crippen LogP contribution in [0.25, 0.3) is 0 Å². The zero-order valence-corrected chi connectivity index (χ0v) is 11.2. The van der Waals surface area contributed by atoms with Gasteiger partial charge < -0.3 is 5.32 Å². The Morgan fingerprint density at radius 1 is 1.44 bits per heavy atom. The third kappa shape index (κ3) is 4.86. The molecule has 8 heteroatoms. The molecule has 0 fully saturated rings. The van der Waals surface area contributed by atoms with Gasteiger partial charge in [-0.25, -0.2) is 13.4 Å². The van der Waals surface area contributed by atoms with E-state index in [1.165, 1.54) is 0 Å². The van der Waals surface area contributed by atoms with Gasteiger partial charge in [-0.05, 0) is 6.92 Å². The van der Waals surface area contributed by atoms with E-state index in [4.69, 9.17) is 0 Å². The van der Waals surface area contributed by atoms with Crippen LogP contribution < -0.4 is 10.0 Å². The summed E-state index contributed by atoms with van der Waals surface area (Å²) in [7, 11) is -3.32. The van der Waals surface area contributed by atoms with Crippen molar-refractivity contribution in [1.29, 1.82) is 0 Å². The van der Waals surface area contributed by atoms with Crippen molar-refractivity contribution < 1.29 is 8.42 Å². The van der Waals surface area contributed by atoms with Gasteiger partial charge >= 0.3 is 0 Å². The number of anilines is 1. The second kappa shape index (κ2) is 5.55. The minimum absolute atomic E-state index is 0.0316. The summed E-state index contributed by atoms with van der Waals surface area (Å²) in [6.07, 6.45) is 0. The van der Waals surface area contributed by atoms with Crippen molar-refractivity contribution in [2.24, 2.45) is 0 Å². The lowest BCUT2D eigenvalue weighted by Crippen LogP contribution is -2.30. The van der Waals surface area contributed by atoms with Crippen LogP contribution in [0.5, 0.6) is 0 Å². The zero-order valence-electron chi connectivity index (χ0n) is 9.52. The summed E-state index contributed by atoms with van der Waals surface area (Å²) in [6, 6.07) is 0.277. The van der Waals surface area contributed by atoms with Gasteiger partial charge in [-0.3, -0.25) is 4.72 Å². The molecule has 16 heavy (non-hydrogen) atoms. The molecule has 1 aromatic rings. The molecule has 1 rings (SSSR count). The molecule has 0 aliphatic rings. The van der Waals surface area contributed by atoms with Crippen LogP contribution in [-0.4, -0.2) is 36.1 Å². The van der Waals surface area contributed by atoms with Crippen LogP contribution in [0, 0.1) is 6.92 Å². The number of nitrogens with zero attached hydrogens (tertiary/aromatic N) is 2. The second-order valence-corrected chi connectivity index (χ2v) is 6.27. The summed E-state index contributed by atoms with van der Waals surface area (Å²) in [5, 5.41) is 3.36. The molecule has 0 radical (unpaired) electrons. The van der Waals surface area contributed by atoms with E-state index in [-0.39, 0.29) is 11.8 Å². The first kappa shape index (κ1) is 13.3. The van der Waals surface area contributed by atoms with Gasteiger partial charge in [0.25, 0.3) is 0 Å². The fourth-order valence-corrected chi connectivity index (χ4v) is 2.77. The van der Waals surface area contributed by atoms with Gasteiger partial charge in [0.15, 0.2) is 0 Å². The van der Waals surface area contributed by atoms with Gasteiger partial charge in [0.05, 0.1) is 5.75 Å². The molecule has 0 aliphatic carbocycles. The maximum Gasteiger partial charge on any atom is 0.235 e. The number of rotatable bonds is 6. The lowest BCUT2D eigenvalue weighted by Gasteiger charge is -2.08. The van der Waals surface area contributed by atoms with Crippen molar-refractivity contribution in [1.82, 2.24) is 14.7 Å². The molecule has 1 heterocycles. The van der Waals surface area contributed by atoms with Gasteiger partial charge in [-0.15, -0.1) is 0 Å². The standard InChI is InChI=1S/C8H16N4O2S2/c1-6(2)9-4-5-16(13,14)12-8-10-7(3)11-15-8/h6,9H,4-5H2,1-3H3,(H,10,11,12). The van der Waals surface area contributed by atoms with Crippen LogP contribution in [0.2, 0.25) is 0 Å². The summed E-state index contributed by atoms with van der Waals surface area (Å²) in [6.45, 7) is 6.07. The van der Waals surface area contributed by atoms with Gasteiger partial charge in [0, 0.05) is 24.1 Å². The van der Waals surface area contributed by atoms with Gasteiger partial charge in [-0.2, -0.15) is 4.37 Å². The van der Waals surface area contributed by atoms with E-state index in [0.29, 0.717) is 17.5 Å². The molecule has 6 nitrogen and oxygen atoms in total. The molecule has 0 spiro atoms. The number of hydrogen-bond acceptors (Lipinski definition) is 6. The highest BCUT2D eigenvalue weighted by molar-refractivity contribution is 7.92. The number of sulfonamides is 1. The SMILES string of the molecule is Cc1nsc(NS(=O)(=O)CCNC(C)C)n1. The minimum Gasteiger partial charge on any atom is -0.313 e. The first-order valence-corrected chi connectivity index (χ1v) is 7.36. The van der Waals surface area contributed by atoms with Crippen LogP contribution in [0.15, 0.2) is 0 Å². The van der Waals surface area contributed by atoms with E-state index in [0.717, 1.165) is 11.5 Å². The average molecular weight is 264 g/mol. The zero-order chi connectivity index (χ0) is 12.2. The first-order chi connectivity index (χ1) is 7.39. The summed E-state index contributed by atoms with van der Waals surface area (Å²) >= 11 is 1.04. The summed E-state index contributed by atoms with van der Waals surface area (Å²) in [5.74, 6) is 0.604. The topological polar surface area (TPSA) is 84.0 Å². The summed E-state index contributed by atoms with van der Waals surface area (Å²) in [5.41, 5.74) is 0. The van der Waals surface area contributed by atoms with E-state index in [2.05, 4.69) is 19.4 Å². The fraction of sp³-hybridized carbons (Fsp3) is 0.750. The minimum atomic E-state index is -3.32. The van der Waals surface area contributed by atoms with Crippen LogP contribution >= 0.6 is 11.5 Å². The summed E-state index contributed by atoms with van der Waals surface area (Å²) < 4.78 is 29.4. The average Bonchev–Trinajstić information content (AvgIpc) is 2.48. The van der Waals surface area contributed by atoms with E-state index < -0.39 is 10.0 Å². The van der Waals surface area contributed by atoms with Crippen molar-refractivity contribution in [3.05, 3.63) is 5.82 Å². The Morgan fingerprint density at radius 3 is 2.62 bits per heavy atom. The Hall–Kier alpha value is -0.730. The van der Waals surface area contributed by atoms with Gasteiger partial charge in [0.2, 0.25) is 15.2 Å². The van der Waals surface area contributed by atoms with Gasteiger partial charge in [-0.1, -0.05) is 13.8 Å². The molecule has 1 aromatic heterocycles. The molecule has 0 amide bonds. The molecular weight excluding hydrogens is 248 g/mol. The molecule has 2 N–H and O–H groups in total. The molecule has 0 atom stereocenters. The molecule has 0 saturated heterocycles.